The number of fused-ring (bicyclic) bond motifs is 3. The van der Waals surface area contributed by atoms with Crippen LogP contribution in [0.15, 0.2) is 83.1 Å². The minimum atomic E-state index is 0.0289. The van der Waals surface area contributed by atoms with Crippen molar-refractivity contribution in [1.29, 1.82) is 0 Å². The molecule has 0 aliphatic carbocycles. The van der Waals surface area contributed by atoms with Gasteiger partial charge in [-0.2, -0.15) is 0 Å². The molecule has 0 saturated carbocycles. The van der Waals surface area contributed by atoms with Crippen molar-refractivity contribution in [2.75, 3.05) is 11.9 Å². The Bertz CT molecular complexity index is 1510. The molecule has 0 spiro atoms. The molecule has 5 rings (SSSR count). The summed E-state index contributed by atoms with van der Waals surface area (Å²) >= 11 is 3.21. The molecule has 4 nitrogen and oxygen atoms in total. The third kappa shape index (κ3) is 3.32. The number of hydrogen-bond acceptors (Lipinski definition) is 4. The van der Waals surface area contributed by atoms with Crippen LogP contribution in [0.4, 0.5) is 5.69 Å². The summed E-state index contributed by atoms with van der Waals surface area (Å²) in [6.07, 6.45) is 5.86. The third-order valence-electron chi connectivity index (χ3n) is 5.49. The Labute approximate surface area is 188 Å². The molecule has 154 valence electrons. The highest BCUT2D eigenvalue weighted by atomic mass is 32.2. The van der Waals surface area contributed by atoms with Crippen LogP contribution in [0.2, 0.25) is 0 Å². The first kappa shape index (κ1) is 19.8. The molecule has 0 unspecified atom stereocenters. The molecule has 0 saturated heterocycles. The van der Waals surface area contributed by atoms with E-state index in [1.807, 2.05) is 40.6 Å². The third-order valence-corrected chi connectivity index (χ3v) is 7.96. The van der Waals surface area contributed by atoms with Crippen LogP contribution in [0, 0.1) is 0 Å². The minimum absolute atomic E-state index is 0.0289. The number of thiazole rings is 1. The van der Waals surface area contributed by atoms with Crippen LogP contribution in [0.1, 0.15) is 5.69 Å². The summed E-state index contributed by atoms with van der Waals surface area (Å²) in [6.45, 7) is 4.34. The zero-order valence-electron chi connectivity index (χ0n) is 17.4. The molecule has 0 atom stereocenters. The second-order valence-electron chi connectivity index (χ2n) is 7.45. The van der Waals surface area contributed by atoms with Gasteiger partial charge in [0.05, 0.1) is 5.69 Å². The SMILES string of the molecule is C=CCn1c(=O)/c(=C2/Sc3ccc4ccccc4c3N2C)s/c1=C/c1cccc[n+]1C. The molecule has 4 aromatic rings. The van der Waals surface area contributed by atoms with E-state index in [2.05, 4.69) is 61.0 Å². The fourth-order valence-corrected chi connectivity index (χ4v) is 6.34. The topological polar surface area (TPSA) is 29.1 Å². The zero-order chi connectivity index (χ0) is 21.5. The minimum Gasteiger partial charge on any atom is -0.336 e. The lowest BCUT2D eigenvalue weighted by Crippen LogP contribution is -2.35. The molecule has 0 radical (unpaired) electrons. The van der Waals surface area contributed by atoms with Crippen molar-refractivity contribution in [1.82, 2.24) is 4.57 Å². The van der Waals surface area contributed by atoms with Gasteiger partial charge < -0.3 is 4.90 Å². The van der Waals surface area contributed by atoms with Crippen LogP contribution in [-0.2, 0) is 13.6 Å². The molecule has 2 aromatic heterocycles. The maximum absolute atomic E-state index is 13.4. The Hall–Kier alpha value is -3.09. The molecule has 2 aromatic carbocycles. The van der Waals surface area contributed by atoms with E-state index in [4.69, 9.17) is 0 Å². The summed E-state index contributed by atoms with van der Waals surface area (Å²) in [5, 5.41) is 3.39. The fourth-order valence-electron chi connectivity index (χ4n) is 3.92. The van der Waals surface area contributed by atoms with Gasteiger partial charge in [0.25, 0.3) is 5.56 Å². The molecule has 31 heavy (non-hydrogen) atoms. The lowest BCUT2D eigenvalue weighted by molar-refractivity contribution is -0.673. The van der Waals surface area contributed by atoms with Crippen molar-refractivity contribution in [3.8, 4) is 0 Å². The van der Waals surface area contributed by atoms with E-state index in [9.17, 15) is 4.79 Å². The van der Waals surface area contributed by atoms with E-state index >= 15 is 0 Å². The van der Waals surface area contributed by atoms with E-state index < -0.39 is 0 Å². The van der Waals surface area contributed by atoms with Gasteiger partial charge in [-0.15, -0.1) is 17.9 Å². The van der Waals surface area contributed by atoms with Crippen LogP contribution >= 0.6 is 23.1 Å². The van der Waals surface area contributed by atoms with Gasteiger partial charge in [0.1, 0.15) is 21.3 Å². The maximum atomic E-state index is 13.4. The average molecular weight is 445 g/mol. The molecule has 0 fully saturated rings. The van der Waals surface area contributed by atoms with Gasteiger partial charge in [0, 0.05) is 42.1 Å². The van der Waals surface area contributed by atoms with Crippen LogP contribution < -0.4 is 24.2 Å². The number of allylic oxidation sites excluding steroid dienone is 1. The quantitative estimate of drug-likeness (QED) is 0.359. The number of rotatable bonds is 3. The molecular weight excluding hydrogens is 422 g/mol. The van der Waals surface area contributed by atoms with Gasteiger partial charge in [-0.1, -0.05) is 48.2 Å². The molecular formula is C25H22N3OS2+. The Kier molecular flexibility index (Phi) is 5.04. The monoisotopic (exact) mass is 444 g/mol. The first-order valence-electron chi connectivity index (χ1n) is 10.0. The second kappa shape index (κ2) is 7.87. The van der Waals surface area contributed by atoms with Crippen LogP contribution in [0.3, 0.4) is 0 Å². The molecule has 3 heterocycles. The Morgan fingerprint density at radius 3 is 2.71 bits per heavy atom. The van der Waals surface area contributed by atoms with Crippen LogP contribution in [0.25, 0.3) is 21.9 Å². The highest BCUT2D eigenvalue weighted by Crippen LogP contribution is 2.48. The average Bonchev–Trinajstić information content (AvgIpc) is 3.27. The predicted octanol–water partition coefficient (Wildman–Crippen LogP) is 3.21. The van der Waals surface area contributed by atoms with Gasteiger partial charge in [0.2, 0.25) is 5.69 Å². The van der Waals surface area contributed by atoms with Gasteiger partial charge in [0.15, 0.2) is 6.20 Å². The number of aromatic nitrogens is 2. The number of benzene rings is 2. The van der Waals surface area contributed by atoms with E-state index in [1.54, 1.807) is 29.2 Å². The Morgan fingerprint density at radius 2 is 1.90 bits per heavy atom. The highest BCUT2D eigenvalue weighted by Gasteiger charge is 2.26. The van der Waals surface area contributed by atoms with Crippen molar-refractivity contribution < 1.29 is 4.57 Å². The largest absolute Gasteiger partial charge is 0.336 e. The number of thioether (sulfide) groups is 1. The number of anilines is 1. The Balaban J connectivity index is 1.76. The van der Waals surface area contributed by atoms with Gasteiger partial charge in [-0.05, 0) is 17.5 Å². The predicted molar refractivity (Wildman–Crippen MR) is 131 cm³/mol. The standard InChI is InChI=1S/C25H22N3OS2/c1-4-14-28-21(16-18-10-7-8-15-26(18)2)31-23(24(28)29)25-27(3)22-19-11-6-5-9-17(19)12-13-20(22)30-25/h4-13,15-16H,1,14H2,2-3H3/q+1/b25-23-. The zero-order valence-corrected chi connectivity index (χ0v) is 19.0. The normalized spacial score (nSPS) is 15.5. The van der Waals surface area contributed by atoms with Crippen LogP contribution in [0.5, 0.6) is 0 Å². The van der Waals surface area contributed by atoms with E-state index in [1.165, 1.54) is 21.4 Å². The summed E-state index contributed by atoms with van der Waals surface area (Å²) < 4.78 is 5.54. The van der Waals surface area contributed by atoms with Crippen molar-refractivity contribution in [2.24, 2.45) is 7.05 Å². The lowest BCUT2D eigenvalue weighted by atomic mass is 10.1. The van der Waals surface area contributed by atoms with Crippen LogP contribution in [-0.4, -0.2) is 11.6 Å². The molecule has 0 amide bonds. The van der Waals surface area contributed by atoms with Crippen molar-refractivity contribution in [3.05, 3.63) is 98.7 Å². The second-order valence-corrected chi connectivity index (χ2v) is 9.52. The van der Waals surface area contributed by atoms with Gasteiger partial charge in [-0.3, -0.25) is 9.36 Å². The number of hydrogen-bond donors (Lipinski definition) is 0. The smallest absolute Gasteiger partial charge is 0.272 e. The Morgan fingerprint density at radius 1 is 1.10 bits per heavy atom. The van der Waals surface area contributed by atoms with E-state index in [-0.39, 0.29) is 5.56 Å². The van der Waals surface area contributed by atoms with Crippen molar-refractivity contribution in [2.45, 2.75) is 11.4 Å². The summed E-state index contributed by atoms with van der Waals surface area (Å²) in [7, 11) is 4.06. The lowest BCUT2D eigenvalue weighted by Gasteiger charge is -2.15. The van der Waals surface area contributed by atoms with Crippen molar-refractivity contribution in [3.63, 3.8) is 0 Å². The van der Waals surface area contributed by atoms with E-state index in [0.29, 0.717) is 6.54 Å². The molecule has 1 aliphatic heterocycles. The van der Waals surface area contributed by atoms with Crippen molar-refractivity contribution >= 4 is 50.7 Å². The first-order chi connectivity index (χ1) is 15.1. The number of aryl methyl sites for hydroxylation is 1. The summed E-state index contributed by atoms with van der Waals surface area (Å²) in [5.41, 5.74) is 2.24. The first-order valence-corrected chi connectivity index (χ1v) is 11.7. The highest BCUT2D eigenvalue weighted by molar-refractivity contribution is 8.08. The fraction of sp³-hybridized carbons (Fsp3) is 0.120. The molecule has 6 heteroatoms. The molecule has 0 N–H and O–H groups in total. The van der Waals surface area contributed by atoms with Gasteiger partial charge >= 0.3 is 0 Å². The van der Waals surface area contributed by atoms with E-state index in [0.717, 1.165) is 19.9 Å². The summed E-state index contributed by atoms with van der Waals surface area (Å²) in [5.74, 6) is 0. The maximum Gasteiger partial charge on any atom is 0.272 e. The molecule has 0 bridgehead atoms. The van der Waals surface area contributed by atoms with Gasteiger partial charge in [-0.25, -0.2) is 4.57 Å². The summed E-state index contributed by atoms with van der Waals surface area (Å²) in [6, 6.07) is 18.7. The number of nitrogens with zero attached hydrogens (tertiary/aromatic N) is 3. The summed E-state index contributed by atoms with van der Waals surface area (Å²) in [4.78, 5) is 16.8. The molecule has 1 aliphatic rings. The number of pyridine rings is 1.